The zero-order valence-corrected chi connectivity index (χ0v) is 13.4. The van der Waals surface area contributed by atoms with E-state index in [1.54, 1.807) is 0 Å². The predicted molar refractivity (Wildman–Crippen MR) is 84.3 cm³/mol. The van der Waals surface area contributed by atoms with Gasteiger partial charge in [-0.05, 0) is 49.3 Å². The van der Waals surface area contributed by atoms with E-state index in [2.05, 4.69) is 25.7 Å². The molecule has 1 saturated heterocycles. The van der Waals surface area contributed by atoms with Gasteiger partial charge in [-0.15, -0.1) is 0 Å². The van der Waals surface area contributed by atoms with Crippen molar-refractivity contribution in [2.75, 3.05) is 31.1 Å². The van der Waals surface area contributed by atoms with E-state index in [9.17, 15) is 0 Å². The van der Waals surface area contributed by atoms with E-state index in [-0.39, 0.29) is 0 Å². The maximum Gasteiger partial charge on any atom is 0.0226 e. The third-order valence-corrected chi connectivity index (χ3v) is 5.88. The zero-order valence-electron chi connectivity index (χ0n) is 12.6. The molecule has 1 unspecified atom stereocenters. The summed E-state index contributed by atoms with van der Waals surface area (Å²) < 4.78 is 0. The molecule has 1 aliphatic rings. The molecule has 0 bridgehead atoms. The molecule has 1 atom stereocenters. The molecule has 1 rings (SSSR count). The van der Waals surface area contributed by atoms with Crippen molar-refractivity contribution in [1.29, 1.82) is 0 Å². The lowest BCUT2D eigenvalue weighted by molar-refractivity contribution is 0.0674. The molecule has 0 radical (unpaired) electrons. The Morgan fingerprint density at radius 2 is 1.78 bits per heavy atom. The highest BCUT2D eigenvalue weighted by atomic mass is 32.2. The molecule has 18 heavy (non-hydrogen) atoms. The Balaban J connectivity index is 2.39. The fraction of sp³-hybridized carbons (Fsp3) is 1.00. The van der Waals surface area contributed by atoms with Crippen LogP contribution in [0.4, 0.5) is 0 Å². The molecule has 3 heteroatoms. The molecule has 0 aromatic carbocycles. The van der Waals surface area contributed by atoms with Crippen LogP contribution in [0.15, 0.2) is 0 Å². The molecule has 0 spiro atoms. The molecule has 0 amide bonds. The van der Waals surface area contributed by atoms with Crippen LogP contribution in [0.1, 0.15) is 52.9 Å². The first kappa shape index (κ1) is 16.3. The number of hydrogen-bond acceptors (Lipinski definition) is 3. The first-order valence-electron chi connectivity index (χ1n) is 7.73. The normalized spacial score (nSPS) is 22.0. The summed E-state index contributed by atoms with van der Waals surface area (Å²) in [6, 6.07) is 0.621. The van der Waals surface area contributed by atoms with E-state index in [0.717, 1.165) is 6.54 Å². The van der Waals surface area contributed by atoms with Gasteiger partial charge in [-0.1, -0.05) is 33.6 Å². The summed E-state index contributed by atoms with van der Waals surface area (Å²) >= 11 is 2.04. The molecule has 0 aromatic rings. The molecule has 2 nitrogen and oxygen atoms in total. The van der Waals surface area contributed by atoms with Crippen molar-refractivity contribution >= 4 is 11.8 Å². The van der Waals surface area contributed by atoms with E-state index in [4.69, 9.17) is 5.73 Å². The van der Waals surface area contributed by atoms with Gasteiger partial charge in [0.05, 0.1) is 0 Å². The SMILES string of the molecule is CCSCCC(CN)N1CCC(CC)(CC)CC1. The van der Waals surface area contributed by atoms with E-state index < -0.39 is 0 Å². The van der Waals surface area contributed by atoms with Crippen molar-refractivity contribution in [1.82, 2.24) is 4.90 Å². The van der Waals surface area contributed by atoms with Gasteiger partial charge in [0, 0.05) is 12.6 Å². The second kappa shape index (κ2) is 8.44. The summed E-state index contributed by atoms with van der Waals surface area (Å²) in [5.74, 6) is 2.49. The first-order chi connectivity index (χ1) is 8.71. The topological polar surface area (TPSA) is 29.3 Å². The van der Waals surface area contributed by atoms with Crippen LogP contribution in [0.25, 0.3) is 0 Å². The molecule has 0 saturated carbocycles. The van der Waals surface area contributed by atoms with Crippen molar-refractivity contribution in [3.05, 3.63) is 0 Å². The smallest absolute Gasteiger partial charge is 0.0226 e. The Labute approximate surface area is 118 Å². The van der Waals surface area contributed by atoms with Gasteiger partial charge in [0.15, 0.2) is 0 Å². The maximum atomic E-state index is 5.97. The molecule has 0 aliphatic carbocycles. The van der Waals surface area contributed by atoms with Gasteiger partial charge in [-0.3, -0.25) is 4.90 Å². The number of nitrogens with zero attached hydrogens (tertiary/aromatic N) is 1. The van der Waals surface area contributed by atoms with Crippen molar-refractivity contribution in [2.24, 2.45) is 11.1 Å². The first-order valence-corrected chi connectivity index (χ1v) is 8.88. The van der Waals surface area contributed by atoms with E-state index in [0.29, 0.717) is 11.5 Å². The van der Waals surface area contributed by atoms with Crippen LogP contribution in [0, 0.1) is 5.41 Å². The molecule has 1 heterocycles. The highest BCUT2D eigenvalue weighted by molar-refractivity contribution is 7.99. The van der Waals surface area contributed by atoms with E-state index >= 15 is 0 Å². The monoisotopic (exact) mass is 272 g/mol. The quantitative estimate of drug-likeness (QED) is 0.687. The minimum Gasteiger partial charge on any atom is -0.329 e. The highest BCUT2D eigenvalue weighted by Crippen LogP contribution is 2.38. The molecule has 108 valence electrons. The minimum absolute atomic E-state index is 0.621. The van der Waals surface area contributed by atoms with Gasteiger partial charge in [0.25, 0.3) is 0 Å². The van der Waals surface area contributed by atoms with Gasteiger partial charge in [-0.25, -0.2) is 0 Å². The van der Waals surface area contributed by atoms with E-state index in [1.807, 2.05) is 11.8 Å². The molecule has 2 N–H and O–H groups in total. The minimum atomic E-state index is 0.621. The Morgan fingerprint density at radius 3 is 2.22 bits per heavy atom. The van der Waals surface area contributed by atoms with Crippen LogP contribution < -0.4 is 5.73 Å². The highest BCUT2D eigenvalue weighted by Gasteiger charge is 2.33. The van der Waals surface area contributed by atoms with Gasteiger partial charge < -0.3 is 5.73 Å². The average molecular weight is 273 g/mol. The predicted octanol–water partition coefficient (Wildman–Crippen LogP) is 3.36. The summed E-state index contributed by atoms with van der Waals surface area (Å²) in [7, 11) is 0. The number of rotatable bonds is 8. The molecular weight excluding hydrogens is 240 g/mol. The Bertz CT molecular complexity index is 207. The molecule has 0 aromatic heterocycles. The number of piperidine rings is 1. The fourth-order valence-corrected chi connectivity index (χ4v) is 3.86. The molecule has 1 fully saturated rings. The van der Waals surface area contributed by atoms with E-state index in [1.165, 1.54) is 56.7 Å². The largest absolute Gasteiger partial charge is 0.329 e. The lowest BCUT2D eigenvalue weighted by Gasteiger charge is -2.43. The lowest BCUT2D eigenvalue weighted by Crippen LogP contribution is -2.48. The molecule has 1 aliphatic heterocycles. The van der Waals surface area contributed by atoms with Crippen molar-refractivity contribution in [2.45, 2.75) is 58.9 Å². The second-order valence-corrected chi connectivity index (χ2v) is 7.01. The number of nitrogens with two attached hydrogens (primary N) is 1. The Morgan fingerprint density at radius 1 is 1.17 bits per heavy atom. The average Bonchev–Trinajstić information content (AvgIpc) is 2.44. The van der Waals surface area contributed by atoms with Crippen LogP contribution in [-0.4, -0.2) is 42.1 Å². The third-order valence-electron chi connectivity index (χ3n) is 4.95. The summed E-state index contributed by atoms with van der Waals surface area (Å²) in [6.07, 6.45) is 6.70. The fourth-order valence-electron chi connectivity index (χ4n) is 3.13. The van der Waals surface area contributed by atoms with Crippen LogP contribution >= 0.6 is 11.8 Å². The summed E-state index contributed by atoms with van der Waals surface area (Å²) in [5, 5.41) is 0. The van der Waals surface area contributed by atoms with Crippen molar-refractivity contribution < 1.29 is 0 Å². The third kappa shape index (κ3) is 4.43. The van der Waals surface area contributed by atoms with Crippen molar-refractivity contribution in [3.63, 3.8) is 0 Å². The van der Waals surface area contributed by atoms with Crippen molar-refractivity contribution in [3.8, 4) is 0 Å². The number of likely N-dealkylation sites (tertiary alicyclic amines) is 1. The molecular formula is C15H32N2S. The number of thioether (sulfide) groups is 1. The Hall–Kier alpha value is 0.270. The van der Waals surface area contributed by atoms with Crippen LogP contribution in [0.3, 0.4) is 0 Å². The lowest BCUT2D eigenvalue weighted by atomic mass is 9.74. The number of hydrogen-bond donors (Lipinski definition) is 1. The summed E-state index contributed by atoms with van der Waals surface area (Å²) in [6.45, 7) is 10.3. The van der Waals surface area contributed by atoms with Crippen LogP contribution in [0.2, 0.25) is 0 Å². The van der Waals surface area contributed by atoms with Crippen LogP contribution in [-0.2, 0) is 0 Å². The summed E-state index contributed by atoms with van der Waals surface area (Å²) in [5.41, 5.74) is 6.60. The maximum absolute atomic E-state index is 5.97. The Kier molecular flexibility index (Phi) is 7.66. The van der Waals surface area contributed by atoms with Gasteiger partial charge in [0.2, 0.25) is 0 Å². The standard InChI is InChI=1S/C15H32N2S/c1-4-15(5-2)8-10-17(11-9-15)14(13-16)7-12-18-6-3/h14H,4-13,16H2,1-3H3. The van der Waals surface area contributed by atoms with Gasteiger partial charge in [0.1, 0.15) is 0 Å². The van der Waals surface area contributed by atoms with Gasteiger partial charge >= 0.3 is 0 Å². The van der Waals surface area contributed by atoms with Crippen LogP contribution in [0.5, 0.6) is 0 Å². The summed E-state index contributed by atoms with van der Waals surface area (Å²) in [4.78, 5) is 2.65. The second-order valence-electron chi connectivity index (χ2n) is 5.62. The van der Waals surface area contributed by atoms with Gasteiger partial charge in [-0.2, -0.15) is 11.8 Å². The zero-order chi connectivity index (χ0) is 13.4.